The maximum Gasteiger partial charge on any atom is 0.260 e. The summed E-state index contributed by atoms with van der Waals surface area (Å²) in [6.45, 7) is 1.93. The van der Waals surface area contributed by atoms with Crippen molar-refractivity contribution in [1.82, 2.24) is 25.5 Å². The standard InChI is InChI=1S/C5H10N6/c6-5-8-10-11(9-5)4-1-2-7-3-4/h4,7H,1-3H2,(H2,6,9). The van der Waals surface area contributed by atoms with E-state index >= 15 is 0 Å². The second-order valence-electron chi connectivity index (χ2n) is 2.61. The zero-order valence-electron chi connectivity index (χ0n) is 6.06. The Morgan fingerprint density at radius 3 is 3.09 bits per heavy atom. The Morgan fingerprint density at radius 1 is 1.64 bits per heavy atom. The fraction of sp³-hybridized carbons (Fsp3) is 0.800. The Morgan fingerprint density at radius 2 is 2.55 bits per heavy atom. The number of tetrazole rings is 1. The van der Waals surface area contributed by atoms with E-state index in [1.807, 2.05) is 0 Å². The van der Waals surface area contributed by atoms with E-state index in [0.29, 0.717) is 6.04 Å². The van der Waals surface area contributed by atoms with E-state index in [9.17, 15) is 0 Å². The zero-order valence-corrected chi connectivity index (χ0v) is 6.06. The number of nitrogen functional groups attached to an aromatic ring is 1. The van der Waals surface area contributed by atoms with Crippen molar-refractivity contribution in [2.75, 3.05) is 18.8 Å². The van der Waals surface area contributed by atoms with E-state index < -0.39 is 0 Å². The molecule has 1 fully saturated rings. The van der Waals surface area contributed by atoms with Crippen LogP contribution in [0.15, 0.2) is 0 Å². The van der Waals surface area contributed by atoms with Crippen molar-refractivity contribution in [3.8, 4) is 0 Å². The van der Waals surface area contributed by atoms with Crippen LogP contribution in [0.1, 0.15) is 12.5 Å². The predicted molar refractivity (Wildman–Crippen MR) is 38.8 cm³/mol. The van der Waals surface area contributed by atoms with E-state index in [0.717, 1.165) is 19.5 Å². The predicted octanol–water partition coefficient (Wildman–Crippen LogP) is -1.21. The summed E-state index contributed by atoms with van der Waals surface area (Å²) >= 11 is 0. The van der Waals surface area contributed by atoms with Crippen molar-refractivity contribution in [2.24, 2.45) is 0 Å². The van der Waals surface area contributed by atoms with E-state index in [1.54, 1.807) is 4.80 Å². The van der Waals surface area contributed by atoms with Crippen molar-refractivity contribution >= 4 is 5.95 Å². The molecule has 1 saturated heterocycles. The minimum Gasteiger partial charge on any atom is -0.365 e. The number of hydrogen-bond donors (Lipinski definition) is 2. The van der Waals surface area contributed by atoms with Gasteiger partial charge in [0.1, 0.15) is 0 Å². The second kappa shape index (κ2) is 2.46. The van der Waals surface area contributed by atoms with Gasteiger partial charge in [-0.05, 0) is 18.2 Å². The second-order valence-corrected chi connectivity index (χ2v) is 2.61. The molecule has 60 valence electrons. The molecule has 1 atom stereocenters. The van der Waals surface area contributed by atoms with Crippen molar-refractivity contribution in [2.45, 2.75) is 12.5 Å². The van der Waals surface area contributed by atoms with Crippen LogP contribution in [0.5, 0.6) is 0 Å². The molecule has 6 heteroatoms. The first kappa shape index (κ1) is 6.53. The van der Waals surface area contributed by atoms with Crippen molar-refractivity contribution in [3.05, 3.63) is 0 Å². The monoisotopic (exact) mass is 154 g/mol. The molecule has 0 radical (unpaired) electrons. The molecule has 1 aliphatic heterocycles. The molecule has 2 rings (SSSR count). The highest BCUT2D eigenvalue weighted by atomic mass is 15.6. The van der Waals surface area contributed by atoms with Gasteiger partial charge in [0.2, 0.25) is 0 Å². The molecule has 0 aliphatic carbocycles. The number of nitrogens with two attached hydrogens (primary N) is 1. The van der Waals surface area contributed by atoms with Crippen LogP contribution in [-0.2, 0) is 0 Å². The first-order valence-corrected chi connectivity index (χ1v) is 3.62. The molecule has 0 aromatic carbocycles. The quantitative estimate of drug-likeness (QED) is 0.530. The fourth-order valence-corrected chi connectivity index (χ4v) is 1.23. The average molecular weight is 154 g/mol. The Balaban J connectivity index is 2.15. The van der Waals surface area contributed by atoms with Gasteiger partial charge in [-0.15, -0.1) is 5.10 Å². The summed E-state index contributed by atoms with van der Waals surface area (Å²) in [4.78, 5) is 1.58. The molecule has 1 aromatic rings. The van der Waals surface area contributed by atoms with Gasteiger partial charge in [-0.3, -0.25) is 0 Å². The van der Waals surface area contributed by atoms with Gasteiger partial charge in [0.05, 0.1) is 6.04 Å². The molecule has 0 spiro atoms. The smallest absolute Gasteiger partial charge is 0.260 e. The third-order valence-electron chi connectivity index (χ3n) is 1.80. The third-order valence-corrected chi connectivity index (χ3v) is 1.80. The number of aromatic nitrogens is 4. The Bertz CT molecular complexity index is 237. The molecule has 1 aromatic heterocycles. The topological polar surface area (TPSA) is 81.6 Å². The van der Waals surface area contributed by atoms with Gasteiger partial charge in [0.15, 0.2) is 0 Å². The number of rotatable bonds is 1. The van der Waals surface area contributed by atoms with E-state index in [1.165, 1.54) is 0 Å². The molecule has 0 bridgehead atoms. The van der Waals surface area contributed by atoms with Gasteiger partial charge in [-0.2, -0.15) is 4.80 Å². The van der Waals surface area contributed by atoms with Crippen LogP contribution < -0.4 is 11.1 Å². The van der Waals surface area contributed by atoms with E-state index in [4.69, 9.17) is 5.73 Å². The molecule has 6 nitrogen and oxygen atoms in total. The molecular weight excluding hydrogens is 144 g/mol. The highest BCUT2D eigenvalue weighted by Gasteiger charge is 2.18. The third kappa shape index (κ3) is 1.16. The largest absolute Gasteiger partial charge is 0.365 e. The van der Waals surface area contributed by atoms with Crippen molar-refractivity contribution in [3.63, 3.8) is 0 Å². The molecule has 0 saturated carbocycles. The van der Waals surface area contributed by atoms with Gasteiger partial charge in [0.25, 0.3) is 5.95 Å². The van der Waals surface area contributed by atoms with Gasteiger partial charge >= 0.3 is 0 Å². The Labute approximate surface area is 63.8 Å². The lowest BCUT2D eigenvalue weighted by Crippen LogP contribution is -2.15. The highest BCUT2D eigenvalue weighted by molar-refractivity contribution is 5.06. The van der Waals surface area contributed by atoms with Crippen LogP contribution in [0.25, 0.3) is 0 Å². The first-order chi connectivity index (χ1) is 5.36. The first-order valence-electron chi connectivity index (χ1n) is 3.62. The van der Waals surface area contributed by atoms with Gasteiger partial charge in [0, 0.05) is 6.54 Å². The molecule has 1 unspecified atom stereocenters. The summed E-state index contributed by atoms with van der Waals surface area (Å²) in [7, 11) is 0. The number of nitrogens with zero attached hydrogens (tertiary/aromatic N) is 4. The van der Waals surface area contributed by atoms with Crippen LogP contribution in [0.4, 0.5) is 5.95 Å². The van der Waals surface area contributed by atoms with Crippen LogP contribution in [-0.4, -0.2) is 33.3 Å². The van der Waals surface area contributed by atoms with Crippen LogP contribution in [0, 0.1) is 0 Å². The average Bonchev–Trinajstić information content (AvgIpc) is 2.55. The summed E-state index contributed by atoms with van der Waals surface area (Å²) in [6.07, 6.45) is 1.05. The van der Waals surface area contributed by atoms with Crippen LogP contribution in [0.2, 0.25) is 0 Å². The molecule has 2 heterocycles. The SMILES string of the molecule is Nc1nnn(C2CCNC2)n1. The number of hydrogen-bond acceptors (Lipinski definition) is 5. The molecule has 0 amide bonds. The fourth-order valence-electron chi connectivity index (χ4n) is 1.23. The number of anilines is 1. The minimum atomic E-state index is 0.247. The van der Waals surface area contributed by atoms with Gasteiger partial charge in [-0.25, -0.2) is 0 Å². The molecular formula is C5H10N6. The minimum absolute atomic E-state index is 0.247. The maximum absolute atomic E-state index is 5.32. The van der Waals surface area contributed by atoms with E-state index in [2.05, 4.69) is 20.7 Å². The summed E-state index contributed by atoms with van der Waals surface area (Å²) in [5.74, 6) is 0.247. The Kier molecular flexibility index (Phi) is 1.46. The number of nitrogens with one attached hydrogen (secondary N) is 1. The lowest BCUT2D eigenvalue weighted by molar-refractivity contribution is 0.424. The molecule has 1 aliphatic rings. The lowest BCUT2D eigenvalue weighted by Gasteiger charge is -2.03. The summed E-state index contributed by atoms with van der Waals surface area (Å²) in [5, 5.41) is 14.5. The summed E-state index contributed by atoms with van der Waals surface area (Å²) in [6, 6.07) is 0.333. The van der Waals surface area contributed by atoms with Crippen LogP contribution in [0.3, 0.4) is 0 Å². The van der Waals surface area contributed by atoms with Crippen molar-refractivity contribution < 1.29 is 0 Å². The van der Waals surface area contributed by atoms with Crippen LogP contribution >= 0.6 is 0 Å². The zero-order chi connectivity index (χ0) is 7.68. The lowest BCUT2D eigenvalue weighted by atomic mass is 10.3. The van der Waals surface area contributed by atoms with Crippen molar-refractivity contribution in [1.29, 1.82) is 0 Å². The summed E-state index contributed by atoms with van der Waals surface area (Å²) in [5.41, 5.74) is 5.32. The molecule has 11 heavy (non-hydrogen) atoms. The Hall–Kier alpha value is -1.17. The molecule has 3 N–H and O–H groups in total. The summed E-state index contributed by atoms with van der Waals surface area (Å²) < 4.78 is 0. The highest BCUT2D eigenvalue weighted by Crippen LogP contribution is 2.11. The normalized spacial score (nSPS) is 24.2. The van der Waals surface area contributed by atoms with Gasteiger partial charge < -0.3 is 11.1 Å². The maximum atomic E-state index is 5.32. The van der Waals surface area contributed by atoms with E-state index in [-0.39, 0.29) is 5.95 Å². The van der Waals surface area contributed by atoms with Gasteiger partial charge in [-0.1, -0.05) is 5.10 Å².